The molecule has 1 unspecified atom stereocenters. The lowest BCUT2D eigenvalue weighted by atomic mass is 9.76. The van der Waals surface area contributed by atoms with Crippen LogP contribution < -0.4 is 5.73 Å². The molecule has 0 heterocycles. The van der Waals surface area contributed by atoms with Gasteiger partial charge in [0, 0.05) is 11.7 Å². The lowest BCUT2D eigenvalue weighted by Crippen LogP contribution is -2.31. The largest absolute Gasteiger partial charge is 0.399 e. The van der Waals surface area contributed by atoms with Crippen LogP contribution in [-0.2, 0) is 0 Å². The van der Waals surface area contributed by atoms with Crippen molar-refractivity contribution < 1.29 is 0 Å². The van der Waals surface area contributed by atoms with Gasteiger partial charge in [-0.15, -0.1) is 0 Å². The molecule has 0 aliphatic heterocycles. The van der Waals surface area contributed by atoms with E-state index in [1.54, 1.807) is 0 Å². The Morgan fingerprint density at radius 3 is 2.20 bits per heavy atom. The second-order valence-electron chi connectivity index (χ2n) is 4.77. The quantitative estimate of drug-likeness (QED) is 0.767. The molecule has 0 saturated heterocycles. The minimum atomic E-state index is 0.569. The summed E-state index contributed by atoms with van der Waals surface area (Å²) in [6, 6.07) is 8.91. The summed E-state index contributed by atoms with van der Waals surface area (Å²) in [5, 5.41) is 0. The van der Waals surface area contributed by atoms with Crippen molar-refractivity contribution in [2.24, 2.45) is 5.92 Å². The highest BCUT2D eigenvalue weighted by Crippen LogP contribution is 2.40. The molecule has 2 heteroatoms. The Kier molecular flexibility index (Phi) is 2.96. The molecule has 2 nitrogen and oxygen atoms in total. The Hall–Kier alpha value is -1.02. The molecule has 1 atom stereocenters. The van der Waals surface area contributed by atoms with Gasteiger partial charge in [0.05, 0.1) is 0 Å². The van der Waals surface area contributed by atoms with Crippen molar-refractivity contribution in [2.75, 3.05) is 19.8 Å². The monoisotopic (exact) mass is 204 g/mol. The third-order valence-electron chi connectivity index (χ3n) is 3.43. The SMILES string of the molecule is CN(C)C(c1ccc(N)cc1)C1CCC1. The van der Waals surface area contributed by atoms with Crippen LogP contribution in [0.25, 0.3) is 0 Å². The van der Waals surface area contributed by atoms with Crippen molar-refractivity contribution in [3.63, 3.8) is 0 Å². The molecule has 1 fully saturated rings. The van der Waals surface area contributed by atoms with Crippen LogP contribution in [0.1, 0.15) is 30.9 Å². The summed E-state index contributed by atoms with van der Waals surface area (Å²) in [6.07, 6.45) is 4.13. The Morgan fingerprint density at radius 2 is 1.80 bits per heavy atom. The third kappa shape index (κ3) is 2.15. The Bertz CT molecular complexity index is 312. The van der Waals surface area contributed by atoms with E-state index in [1.165, 1.54) is 24.8 Å². The zero-order valence-electron chi connectivity index (χ0n) is 9.61. The number of nitrogen functional groups attached to an aromatic ring is 1. The van der Waals surface area contributed by atoms with Gasteiger partial charge >= 0.3 is 0 Å². The normalized spacial score (nSPS) is 18.9. The van der Waals surface area contributed by atoms with E-state index in [0.717, 1.165) is 11.6 Å². The first-order valence-corrected chi connectivity index (χ1v) is 5.70. The number of hydrogen-bond donors (Lipinski definition) is 1. The maximum absolute atomic E-state index is 5.71. The molecule has 1 aromatic carbocycles. The number of anilines is 1. The van der Waals surface area contributed by atoms with Gasteiger partial charge in [-0.3, -0.25) is 0 Å². The molecule has 1 aliphatic rings. The summed E-state index contributed by atoms with van der Waals surface area (Å²) >= 11 is 0. The molecule has 82 valence electrons. The first kappa shape index (κ1) is 10.5. The molecule has 0 spiro atoms. The van der Waals surface area contributed by atoms with E-state index in [0.29, 0.717) is 6.04 Å². The van der Waals surface area contributed by atoms with Crippen molar-refractivity contribution in [2.45, 2.75) is 25.3 Å². The second kappa shape index (κ2) is 4.23. The maximum atomic E-state index is 5.71. The molecule has 1 saturated carbocycles. The van der Waals surface area contributed by atoms with Crippen LogP contribution >= 0.6 is 0 Å². The van der Waals surface area contributed by atoms with Gasteiger partial charge in [-0.25, -0.2) is 0 Å². The second-order valence-corrected chi connectivity index (χ2v) is 4.77. The average molecular weight is 204 g/mol. The standard InChI is InChI=1S/C13H20N2/c1-15(2)13(10-4-3-5-10)11-6-8-12(14)9-7-11/h6-10,13H,3-5,14H2,1-2H3. The Balaban J connectivity index is 2.19. The molecule has 0 amide bonds. The van der Waals surface area contributed by atoms with Gasteiger partial charge in [-0.05, 0) is 50.6 Å². The summed E-state index contributed by atoms with van der Waals surface area (Å²) < 4.78 is 0. The smallest absolute Gasteiger partial charge is 0.0370 e. The number of rotatable bonds is 3. The minimum absolute atomic E-state index is 0.569. The van der Waals surface area contributed by atoms with Gasteiger partial charge in [-0.1, -0.05) is 18.6 Å². The Morgan fingerprint density at radius 1 is 1.20 bits per heavy atom. The molecule has 1 aromatic rings. The van der Waals surface area contributed by atoms with Crippen LogP contribution in [0.15, 0.2) is 24.3 Å². The number of benzene rings is 1. The van der Waals surface area contributed by atoms with E-state index in [2.05, 4.69) is 31.1 Å². The molecule has 0 bridgehead atoms. The zero-order chi connectivity index (χ0) is 10.8. The van der Waals surface area contributed by atoms with Crippen molar-refractivity contribution in [3.8, 4) is 0 Å². The zero-order valence-corrected chi connectivity index (χ0v) is 9.61. The van der Waals surface area contributed by atoms with Crippen LogP contribution in [0, 0.1) is 5.92 Å². The maximum Gasteiger partial charge on any atom is 0.0370 e. The van der Waals surface area contributed by atoms with E-state index in [1.807, 2.05) is 12.1 Å². The van der Waals surface area contributed by atoms with Crippen LogP contribution in [0.4, 0.5) is 5.69 Å². The Labute approximate surface area is 92.1 Å². The lowest BCUT2D eigenvalue weighted by Gasteiger charge is -2.38. The van der Waals surface area contributed by atoms with Crippen LogP contribution in [0.5, 0.6) is 0 Å². The van der Waals surface area contributed by atoms with Gasteiger partial charge in [0.25, 0.3) is 0 Å². The topological polar surface area (TPSA) is 29.3 Å². The fourth-order valence-corrected chi connectivity index (χ4v) is 2.44. The summed E-state index contributed by atoms with van der Waals surface area (Å²) in [5.74, 6) is 0.837. The fraction of sp³-hybridized carbons (Fsp3) is 0.538. The van der Waals surface area contributed by atoms with Crippen LogP contribution in [-0.4, -0.2) is 19.0 Å². The van der Waals surface area contributed by atoms with E-state index in [9.17, 15) is 0 Å². The molecule has 1 aliphatic carbocycles. The van der Waals surface area contributed by atoms with Gasteiger partial charge in [-0.2, -0.15) is 0 Å². The summed E-state index contributed by atoms with van der Waals surface area (Å²) in [7, 11) is 4.33. The fourth-order valence-electron chi connectivity index (χ4n) is 2.44. The number of hydrogen-bond acceptors (Lipinski definition) is 2. The highest BCUT2D eigenvalue weighted by molar-refractivity contribution is 5.40. The molecule has 0 radical (unpaired) electrons. The van der Waals surface area contributed by atoms with Gasteiger partial charge < -0.3 is 10.6 Å². The molecular formula is C13H20N2. The third-order valence-corrected chi connectivity index (χ3v) is 3.43. The highest BCUT2D eigenvalue weighted by atomic mass is 15.1. The average Bonchev–Trinajstić information content (AvgIpc) is 2.12. The molecule has 15 heavy (non-hydrogen) atoms. The first-order valence-electron chi connectivity index (χ1n) is 5.70. The van der Waals surface area contributed by atoms with Crippen molar-refractivity contribution in [1.29, 1.82) is 0 Å². The van der Waals surface area contributed by atoms with E-state index < -0.39 is 0 Å². The van der Waals surface area contributed by atoms with E-state index in [-0.39, 0.29) is 0 Å². The van der Waals surface area contributed by atoms with Crippen LogP contribution in [0.3, 0.4) is 0 Å². The van der Waals surface area contributed by atoms with Crippen molar-refractivity contribution in [3.05, 3.63) is 29.8 Å². The highest BCUT2D eigenvalue weighted by Gasteiger charge is 2.29. The molecule has 2 rings (SSSR count). The molecule has 2 N–H and O–H groups in total. The summed E-state index contributed by atoms with van der Waals surface area (Å²) in [5.41, 5.74) is 7.97. The number of nitrogens with two attached hydrogens (primary N) is 1. The van der Waals surface area contributed by atoms with E-state index >= 15 is 0 Å². The predicted molar refractivity (Wildman–Crippen MR) is 64.6 cm³/mol. The predicted octanol–water partition coefficient (Wildman–Crippen LogP) is 2.67. The number of nitrogens with zero attached hydrogens (tertiary/aromatic N) is 1. The minimum Gasteiger partial charge on any atom is -0.399 e. The molecular weight excluding hydrogens is 184 g/mol. The molecule has 0 aromatic heterocycles. The van der Waals surface area contributed by atoms with Gasteiger partial charge in [0.2, 0.25) is 0 Å². The van der Waals surface area contributed by atoms with Gasteiger partial charge in [0.1, 0.15) is 0 Å². The van der Waals surface area contributed by atoms with Crippen molar-refractivity contribution in [1.82, 2.24) is 4.90 Å². The van der Waals surface area contributed by atoms with E-state index in [4.69, 9.17) is 5.73 Å². The lowest BCUT2D eigenvalue weighted by molar-refractivity contribution is 0.142. The van der Waals surface area contributed by atoms with Crippen molar-refractivity contribution >= 4 is 5.69 Å². The summed E-state index contributed by atoms with van der Waals surface area (Å²) in [6.45, 7) is 0. The van der Waals surface area contributed by atoms with Crippen LogP contribution in [0.2, 0.25) is 0 Å². The first-order chi connectivity index (χ1) is 7.18. The van der Waals surface area contributed by atoms with Gasteiger partial charge in [0.15, 0.2) is 0 Å². The summed E-state index contributed by atoms with van der Waals surface area (Å²) in [4.78, 5) is 2.33.